The molecule has 1 aromatic carbocycles. The number of fused-ring (bicyclic) bond motifs is 1. The molecule has 1 spiro atoms. The van der Waals surface area contributed by atoms with Gasteiger partial charge >= 0.3 is 0 Å². The molecule has 1 unspecified atom stereocenters. The highest BCUT2D eigenvalue weighted by atomic mass is 16.5. The van der Waals surface area contributed by atoms with Crippen molar-refractivity contribution in [3.8, 4) is 0 Å². The summed E-state index contributed by atoms with van der Waals surface area (Å²) in [4.78, 5) is 7.08. The van der Waals surface area contributed by atoms with E-state index in [1.54, 1.807) is 0 Å². The van der Waals surface area contributed by atoms with E-state index in [1.165, 1.54) is 30.3 Å². The fourth-order valence-electron chi connectivity index (χ4n) is 3.59. The fourth-order valence-corrected chi connectivity index (χ4v) is 3.59. The number of pyridine rings is 1. The zero-order valence-corrected chi connectivity index (χ0v) is 11.9. The minimum Gasteiger partial charge on any atom is -0.379 e. The third kappa shape index (κ3) is 2.02. The quantitative estimate of drug-likeness (QED) is 0.856. The molecule has 20 heavy (non-hydrogen) atoms. The molecule has 1 atom stereocenters. The van der Waals surface area contributed by atoms with Crippen molar-refractivity contribution in [2.24, 2.45) is 5.41 Å². The maximum atomic E-state index is 5.67. The van der Waals surface area contributed by atoms with Gasteiger partial charge in [0.1, 0.15) is 0 Å². The van der Waals surface area contributed by atoms with Crippen LogP contribution in [0.25, 0.3) is 10.9 Å². The molecule has 1 aliphatic carbocycles. The highest BCUT2D eigenvalue weighted by Crippen LogP contribution is 2.54. The summed E-state index contributed by atoms with van der Waals surface area (Å²) in [6, 6.07) is 10.6. The SMILES string of the molecule is COC1CN(Cc2cnc3ccccc3c2)CC12CC2. The van der Waals surface area contributed by atoms with Gasteiger partial charge in [0.15, 0.2) is 0 Å². The molecule has 3 heteroatoms. The van der Waals surface area contributed by atoms with E-state index in [1.807, 2.05) is 19.4 Å². The molecule has 0 N–H and O–H groups in total. The van der Waals surface area contributed by atoms with Gasteiger partial charge in [0, 0.05) is 43.7 Å². The monoisotopic (exact) mass is 268 g/mol. The standard InChI is InChI=1S/C17H20N2O/c1-20-16-11-19(12-17(16)6-7-17)10-13-8-14-4-2-3-5-15(14)18-9-13/h2-5,8-9,16H,6-7,10-12H2,1H3. The lowest BCUT2D eigenvalue weighted by Gasteiger charge is -2.15. The molecule has 2 aromatic rings. The molecule has 3 nitrogen and oxygen atoms in total. The number of ether oxygens (including phenoxy) is 1. The number of rotatable bonds is 3. The van der Waals surface area contributed by atoms with E-state index in [9.17, 15) is 0 Å². The van der Waals surface area contributed by atoms with Crippen molar-refractivity contribution >= 4 is 10.9 Å². The highest BCUT2D eigenvalue weighted by molar-refractivity contribution is 5.78. The maximum absolute atomic E-state index is 5.67. The van der Waals surface area contributed by atoms with Gasteiger partial charge in [-0.1, -0.05) is 18.2 Å². The first-order chi connectivity index (χ1) is 9.79. The Hall–Kier alpha value is -1.45. The van der Waals surface area contributed by atoms with Crippen LogP contribution in [0, 0.1) is 5.41 Å². The first-order valence-electron chi connectivity index (χ1n) is 7.38. The van der Waals surface area contributed by atoms with Crippen LogP contribution in [-0.4, -0.2) is 36.2 Å². The average Bonchev–Trinajstić information content (AvgIpc) is 3.15. The number of likely N-dealkylation sites (tertiary alicyclic amines) is 1. The van der Waals surface area contributed by atoms with Gasteiger partial charge in [-0.05, 0) is 30.5 Å². The molecular formula is C17H20N2O. The van der Waals surface area contributed by atoms with Crippen LogP contribution in [0.15, 0.2) is 36.5 Å². The molecule has 1 saturated carbocycles. The Morgan fingerprint density at radius 2 is 2.20 bits per heavy atom. The normalized spacial score (nSPS) is 24.6. The Balaban J connectivity index is 1.53. The van der Waals surface area contributed by atoms with Crippen molar-refractivity contribution in [1.82, 2.24) is 9.88 Å². The number of aromatic nitrogens is 1. The Kier molecular flexibility index (Phi) is 2.79. The van der Waals surface area contributed by atoms with E-state index in [0.29, 0.717) is 11.5 Å². The summed E-state index contributed by atoms with van der Waals surface area (Å²) in [6.07, 6.45) is 5.11. The Morgan fingerprint density at radius 3 is 2.95 bits per heavy atom. The van der Waals surface area contributed by atoms with Crippen LogP contribution in [-0.2, 0) is 11.3 Å². The Bertz CT molecular complexity index is 636. The molecule has 0 radical (unpaired) electrons. The molecule has 0 bridgehead atoms. The van der Waals surface area contributed by atoms with Gasteiger partial charge in [-0.2, -0.15) is 0 Å². The molecular weight excluding hydrogens is 248 g/mol. The first-order valence-corrected chi connectivity index (χ1v) is 7.38. The summed E-state index contributed by atoms with van der Waals surface area (Å²) >= 11 is 0. The summed E-state index contributed by atoms with van der Waals surface area (Å²) in [7, 11) is 1.85. The van der Waals surface area contributed by atoms with Crippen molar-refractivity contribution in [1.29, 1.82) is 0 Å². The van der Waals surface area contributed by atoms with Gasteiger partial charge < -0.3 is 4.74 Å². The smallest absolute Gasteiger partial charge is 0.0766 e. The number of hydrogen-bond donors (Lipinski definition) is 0. The third-order valence-electron chi connectivity index (χ3n) is 4.88. The van der Waals surface area contributed by atoms with Crippen LogP contribution in [0.2, 0.25) is 0 Å². The second kappa shape index (κ2) is 4.54. The van der Waals surface area contributed by atoms with Gasteiger partial charge in [0.2, 0.25) is 0 Å². The number of nitrogens with zero attached hydrogens (tertiary/aromatic N) is 2. The molecule has 1 aromatic heterocycles. The minimum atomic E-state index is 0.427. The molecule has 2 fully saturated rings. The van der Waals surface area contributed by atoms with Crippen LogP contribution in [0.4, 0.5) is 0 Å². The zero-order valence-electron chi connectivity index (χ0n) is 11.9. The summed E-state index contributed by atoms with van der Waals surface area (Å²) in [5.41, 5.74) is 2.85. The third-order valence-corrected chi connectivity index (χ3v) is 4.88. The van der Waals surface area contributed by atoms with E-state index in [-0.39, 0.29) is 0 Å². The van der Waals surface area contributed by atoms with E-state index in [0.717, 1.165) is 18.6 Å². The Labute approximate surface area is 119 Å². The lowest BCUT2D eigenvalue weighted by Crippen LogP contribution is -2.23. The van der Waals surface area contributed by atoms with Gasteiger partial charge in [-0.15, -0.1) is 0 Å². The number of benzene rings is 1. The van der Waals surface area contributed by atoms with Crippen LogP contribution in [0.5, 0.6) is 0 Å². The molecule has 1 saturated heterocycles. The lowest BCUT2D eigenvalue weighted by atomic mass is 10.0. The number of methoxy groups -OCH3 is 1. The van der Waals surface area contributed by atoms with Crippen molar-refractivity contribution < 1.29 is 4.74 Å². The summed E-state index contributed by atoms with van der Waals surface area (Å²) in [6.45, 7) is 3.22. The van der Waals surface area contributed by atoms with E-state index in [2.05, 4.69) is 34.1 Å². The van der Waals surface area contributed by atoms with Gasteiger partial charge in [0.05, 0.1) is 11.6 Å². The fraction of sp³-hybridized carbons (Fsp3) is 0.471. The zero-order chi connectivity index (χ0) is 13.6. The van der Waals surface area contributed by atoms with Gasteiger partial charge in [-0.3, -0.25) is 9.88 Å². The second-order valence-electron chi connectivity index (χ2n) is 6.29. The molecule has 4 rings (SSSR count). The van der Waals surface area contributed by atoms with E-state index < -0.39 is 0 Å². The Morgan fingerprint density at radius 1 is 1.35 bits per heavy atom. The van der Waals surface area contributed by atoms with Crippen molar-refractivity contribution in [2.75, 3.05) is 20.2 Å². The van der Waals surface area contributed by atoms with Gasteiger partial charge in [0.25, 0.3) is 0 Å². The molecule has 2 heterocycles. The minimum absolute atomic E-state index is 0.427. The predicted octanol–water partition coefficient (Wildman–Crippen LogP) is 2.85. The molecule has 1 aliphatic heterocycles. The summed E-state index contributed by atoms with van der Waals surface area (Å²) in [5, 5.41) is 1.23. The van der Waals surface area contributed by atoms with Crippen molar-refractivity contribution in [3.05, 3.63) is 42.1 Å². The lowest BCUT2D eigenvalue weighted by molar-refractivity contribution is 0.0696. The molecule has 0 amide bonds. The average molecular weight is 268 g/mol. The predicted molar refractivity (Wildman–Crippen MR) is 79.5 cm³/mol. The van der Waals surface area contributed by atoms with E-state index in [4.69, 9.17) is 4.74 Å². The largest absolute Gasteiger partial charge is 0.379 e. The molecule has 2 aliphatic rings. The van der Waals surface area contributed by atoms with Gasteiger partial charge in [-0.25, -0.2) is 0 Å². The highest BCUT2D eigenvalue weighted by Gasteiger charge is 2.55. The topological polar surface area (TPSA) is 25.4 Å². The van der Waals surface area contributed by atoms with Crippen molar-refractivity contribution in [2.45, 2.75) is 25.5 Å². The number of hydrogen-bond acceptors (Lipinski definition) is 3. The maximum Gasteiger partial charge on any atom is 0.0766 e. The van der Waals surface area contributed by atoms with Crippen LogP contribution in [0.3, 0.4) is 0 Å². The first kappa shape index (κ1) is 12.3. The molecule has 104 valence electrons. The summed E-state index contributed by atoms with van der Waals surface area (Å²) in [5.74, 6) is 0. The van der Waals surface area contributed by atoms with E-state index >= 15 is 0 Å². The second-order valence-corrected chi connectivity index (χ2v) is 6.29. The van der Waals surface area contributed by atoms with Crippen molar-refractivity contribution in [3.63, 3.8) is 0 Å². The number of para-hydroxylation sites is 1. The van der Waals surface area contributed by atoms with Crippen LogP contribution >= 0.6 is 0 Å². The van der Waals surface area contributed by atoms with Crippen LogP contribution in [0.1, 0.15) is 18.4 Å². The summed E-state index contributed by atoms with van der Waals surface area (Å²) < 4.78 is 5.67. The van der Waals surface area contributed by atoms with Crippen LogP contribution < -0.4 is 0 Å².